The first-order valence-electron chi connectivity index (χ1n) is 3.34. The molecule has 0 unspecified atom stereocenters. The van der Waals surface area contributed by atoms with Crippen LogP contribution in [-0.2, 0) is 0 Å². The predicted molar refractivity (Wildman–Crippen MR) is 42.4 cm³/mol. The first kappa shape index (κ1) is 6.15. The zero-order valence-corrected chi connectivity index (χ0v) is 6.15. The first-order valence-corrected chi connectivity index (χ1v) is 3.34. The summed E-state index contributed by atoms with van der Waals surface area (Å²) in [5.74, 6) is 6.43. The van der Waals surface area contributed by atoms with Crippen molar-refractivity contribution < 1.29 is 0 Å². The topological polar surface area (TPSA) is 56.7 Å². The molecule has 0 aliphatic rings. The zero-order valence-electron chi connectivity index (χ0n) is 6.15. The number of imidazole rings is 1. The Morgan fingerprint density at radius 1 is 1.55 bits per heavy atom. The van der Waals surface area contributed by atoms with Crippen LogP contribution in [0.15, 0.2) is 18.3 Å². The molecule has 0 aliphatic heterocycles. The van der Waals surface area contributed by atoms with Crippen molar-refractivity contribution in [1.29, 1.82) is 0 Å². The molecule has 0 saturated heterocycles. The summed E-state index contributed by atoms with van der Waals surface area (Å²) in [5.41, 5.74) is 1.57. The van der Waals surface area contributed by atoms with Gasteiger partial charge in [0, 0.05) is 6.20 Å². The highest BCUT2D eigenvalue weighted by molar-refractivity contribution is 5.71. The van der Waals surface area contributed by atoms with Crippen LogP contribution in [0, 0.1) is 6.92 Å². The number of fused-ring (bicyclic) bond motifs is 1. The van der Waals surface area contributed by atoms with Crippen molar-refractivity contribution in [2.24, 2.45) is 0 Å². The Morgan fingerprint density at radius 2 is 2.36 bits per heavy atom. The molecule has 4 nitrogen and oxygen atoms in total. The van der Waals surface area contributed by atoms with Crippen LogP contribution < -0.4 is 5.84 Å². The normalized spacial score (nSPS) is 10.6. The van der Waals surface area contributed by atoms with E-state index >= 15 is 0 Å². The van der Waals surface area contributed by atoms with Crippen molar-refractivity contribution in [3.8, 4) is 0 Å². The second kappa shape index (κ2) is 1.95. The highest BCUT2D eigenvalue weighted by Crippen LogP contribution is 2.08. The molecular weight excluding hydrogens is 140 g/mol. The number of aryl methyl sites for hydroxylation is 1. The molecule has 2 aromatic heterocycles. The van der Waals surface area contributed by atoms with E-state index in [1.54, 1.807) is 6.20 Å². The molecule has 0 amide bonds. The summed E-state index contributed by atoms with van der Waals surface area (Å²) in [6.45, 7) is 1.85. The maximum Gasteiger partial charge on any atom is 0.179 e. The van der Waals surface area contributed by atoms with Crippen molar-refractivity contribution in [2.75, 3.05) is 5.84 Å². The van der Waals surface area contributed by atoms with Crippen molar-refractivity contribution >= 4 is 11.2 Å². The second-order valence-electron chi connectivity index (χ2n) is 2.38. The fourth-order valence-corrected chi connectivity index (χ4v) is 1.04. The number of nitrogens with two attached hydrogens (primary N) is 1. The maximum absolute atomic E-state index is 5.65. The summed E-state index contributed by atoms with van der Waals surface area (Å²) in [6.07, 6.45) is 1.70. The predicted octanol–water partition coefficient (Wildman–Crippen LogP) is 0.454. The van der Waals surface area contributed by atoms with Gasteiger partial charge >= 0.3 is 0 Å². The second-order valence-corrected chi connectivity index (χ2v) is 2.38. The lowest BCUT2D eigenvalue weighted by Gasteiger charge is -1.93. The highest BCUT2D eigenvalue weighted by atomic mass is 15.3. The average Bonchev–Trinajstić information content (AvgIpc) is 2.30. The molecule has 0 saturated carbocycles. The minimum Gasteiger partial charge on any atom is -0.337 e. The fraction of sp³-hybridized carbons (Fsp3) is 0.143. The number of hydrogen-bond acceptors (Lipinski definition) is 3. The molecule has 0 radical (unpaired) electrons. The van der Waals surface area contributed by atoms with Crippen LogP contribution in [0.4, 0.5) is 0 Å². The number of rotatable bonds is 0. The van der Waals surface area contributed by atoms with Gasteiger partial charge in [0.05, 0.1) is 0 Å². The Bertz CT molecular complexity index is 390. The van der Waals surface area contributed by atoms with Gasteiger partial charge in [0.2, 0.25) is 0 Å². The van der Waals surface area contributed by atoms with Crippen LogP contribution >= 0.6 is 0 Å². The molecule has 0 aromatic carbocycles. The molecule has 0 atom stereocenters. The molecule has 56 valence electrons. The molecule has 4 heteroatoms. The molecule has 2 heterocycles. The summed E-state index contributed by atoms with van der Waals surface area (Å²) >= 11 is 0. The monoisotopic (exact) mass is 148 g/mol. The number of nitrogens with zero attached hydrogens (tertiary/aromatic N) is 3. The number of hydrogen-bond donors (Lipinski definition) is 1. The van der Waals surface area contributed by atoms with E-state index in [2.05, 4.69) is 9.97 Å². The highest BCUT2D eigenvalue weighted by Gasteiger charge is 2.02. The Kier molecular flexibility index (Phi) is 1.09. The van der Waals surface area contributed by atoms with Crippen LogP contribution in [0.5, 0.6) is 0 Å². The quantitative estimate of drug-likeness (QED) is 0.552. The van der Waals surface area contributed by atoms with Crippen LogP contribution in [0.1, 0.15) is 5.82 Å². The van der Waals surface area contributed by atoms with E-state index in [1.165, 1.54) is 4.68 Å². The average molecular weight is 148 g/mol. The Labute approximate surface area is 63.6 Å². The maximum atomic E-state index is 5.65. The fourth-order valence-electron chi connectivity index (χ4n) is 1.04. The van der Waals surface area contributed by atoms with Gasteiger partial charge in [-0.15, -0.1) is 0 Å². The van der Waals surface area contributed by atoms with E-state index in [4.69, 9.17) is 5.84 Å². The van der Waals surface area contributed by atoms with Crippen LogP contribution in [0.25, 0.3) is 11.2 Å². The SMILES string of the molecule is Cc1nc2ncccc2n1N. The van der Waals surface area contributed by atoms with Gasteiger partial charge < -0.3 is 5.84 Å². The molecule has 0 bridgehead atoms. The van der Waals surface area contributed by atoms with Crippen molar-refractivity contribution in [2.45, 2.75) is 6.92 Å². The number of aromatic nitrogens is 3. The number of nitrogen functional groups attached to an aromatic ring is 1. The van der Waals surface area contributed by atoms with E-state index in [0.29, 0.717) is 5.65 Å². The van der Waals surface area contributed by atoms with E-state index in [1.807, 2.05) is 19.1 Å². The largest absolute Gasteiger partial charge is 0.337 e. The third kappa shape index (κ3) is 0.756. The molecule has 11 heavy (non-hydrogen) atoms. The number of pyridine rings is 1. The minimum absolute atomic E-state index is 0.701. The molecule has 2 rings (SSSR count). The van der Waals surface area contributed by atoms with Gasteiger partial charge in [-0.1, -0.05) is 0 Å². The van der Waals surface area contributed by atoms with Crippen LogP contribution in [-0.4, -0.2) is 14.6 Å². The molecular formula is C7H8N4. The summed E-state index contributed by atoms with van der Waals surface area (Å²) in [4.78, 5) is 8.19. The first-order chi connectivity index (χ1) is 5.29. The summed E-state index contributed by atoms with van der Waals surface area (Å²) in [7, 11) is 0. The lowest BCUT2D eigenvalue weighted by atomic mass is 10.4. The Balaban J connectivity index is 2.92. The zero-order chi connectivity index (χ0) is 7.84. The van der Waals surface area contributed by atoms with Crippen molar-refractivity contribution in [3.05, 3.63) is 24.2 Å². The summed E-state index contributed by atoms with van der Waals surface area (Å²) in [6, 6.07) is 3.73. The van der Waals surface area contributed by atoms with Gasteiger partial charge in [-0.2, -0.15) is 0 Å². The van der Waals surface area contributed by atoms with E-state index in [0.717, 1.165) is 11.3 Å². The summed E-state index contributed by atoms with van der Waals surface area (Å²) in [5, 5.41) is 0. The third-order valence-corrected chi connectivity index (χ3v) is 1.64. The van der Waals surface area contributed by atoms with E-state index in [9.17, 15) is 0 Å². The van der Waals surface area contributed by atoms with Gasteiger partial charge in [0.1, 0.15) is 11.3 Å². The van der Waals surface area contributed by atoms with E-state index in [-0.39, 0.29) is 0 Å². The lowest BCUT2D eigenvalue weighted by Crippen LogP contribution is -2.09. The lowest BCUT2D eigenvalue weighted by molar-refractivity contribution is 0.955. The van der Waals surface area contributed by atoms with Crippen molar-refractivity contribution in [1.82, 2.24) is 14.6 Å². The molecule has 0 spiro atoms. The molecule has 2 aromatic rings. The Morgan fingerprint density at radius 3 is 3.09 bits per heavy atom. The van der Waals surface area contributed by atoms with Gasteiger partial charge in [-0.25, -0.2) is 14.6 Å². The van der Waals surface area contributed by atoms with Crippen molar-refractivity contribution in [3.63, 3.8) is 0 Å². The molecule has 2 N–H and O–H groups in total. The minimum atomic E-state index is 0.701. The van der Waals surface area contributed by atoms with Crippen LogP contribution in [0.2, 0.25) is 0 Å². The van der Waals surface area contributed by atoms with Gasteiger partial charge in [-0.3, -0.25) is 0 Å². The van der Waals surface area contributed by atoms with Gasteiger partial charge in [-0.05, 0) is 19.1 Å². The molecule has 0 aliphatic carbocycles. The standard InChI is InChI=1S/C7H8N4/c1-5-10-7-6(11(5)8)3-2-4-9-7/h2-4H,8H2,1H3. The summed E-state index contributed by atoms with van der Waals surface area (Å²) < 4.78 is 1.53. The Hall–Kier alpha value is -1.58. The third-order valence-electron chi connectivity index (χ3n) is 1.64. The van der Waals surface area contributed by atoms with Gasteiger partial charge in [0.25, 0.3) is 0 Å². The molecule has 0 fully saturated rings. The van der Waals surface area contributed by atoms with Crippen LogP contribution in [0.3, 0.4) is 0 Å². The van der Waals surface area contributed by atoms with E-state index < -0.39 is 0 Å². The smallest absolute Gasteiger partial charge is 0.179 e. The van der Waals surface area contributed by atoms with Gasteiger partial charge in [0.15, 0.2) is 5.65 Å².